The molecule has 1 N–H and O–H groups in total. The highest BCUT2D eigenvalue weighted by molar-refractivity contribution is 5.45. The van der Waals surface area contributed by atoms with Crippen LogP contribution < -0.4 is 0 Å². The molecule has 1 aromatic carbocycles. The minimum absolute atomic E-state index is 0.370. The molecule has 1 saturated heterocycles. The van der Waals surface area contributed by atoms with Gasteiger partial charge in [-0.25, -0.2) is 0 Å². The van der Waals surface area contributed by atoms with Gasteiger partial charge in [-0.3, -0.25) is 4.90 Å². The average Bonchev–Trinajstić information content (AvgIpc) is 3.40. The lowest BCUT2D eigenvalue weighted by atomic mass is 9.52. The van der Waals surface area contributed by atoms with E-state index >= 15 is 0 Å². The first kappa shape index (κ1) is 14.3. The van der Waals surface area contributed by atoms with Crippen molar-refractivity contribution in [3.05, 3.63) is 29.3 Å². The van der Waals surface area contributed by atoms with Crippen molar-refractivity contribution in [2.75, 3.05) is 6.54 Å². The quantitative estimate of drug-likeness (QED) is 0.882. The molecule has 2 bridgehead atoms. The Labute approximate surface area is 139 Å². The molecule has 4 aliphatic rings. The van der Waals surface area contributed by atoms with Gasteiger partial charge in [-0.1, -0.05) is 18.9 Å². The molecule has 0 amide bonds. The van der Waals surface area contributed by atoms with Gasteiger partial charge in [-0.2, -0.15) is 0 Å². The molecule has 0 spiro atoms. The smallest absolute Gasteiger partial charge is 0.115 e. The van der Waals surface area contributed by atoms with Crippen molar-refractivity contribution < 1.29 is 5.11 Å². The van der Waals surface area contributed by atoms with Crippen LogP contribution in [0.25, 0.3) is 0 Å². The van der Waals surface area contributed by atoms with Gasteiger partial charge in [-0.05, 0) is 87.1 Å². The molecule has 3 unspecified atom stereocenters. The van der Waals surface area contributed by atoms with Crippen LogP contribution in [-0.4, -0.2) is 28.6 Å². The molecule has 3 aliphatic carbocycles. The summed E-state index contributed by atoms with van der Waals surface area (Å²) in [6, 6.07) is 7.76. The normalized spacial score (nSPS) is 37.8. The predicted octanol–water partition coefficient (Wildman–Crippen LogP) is 4.25. The molecule has 124 valence electrons. The fourth-order valence-electron chi connectivity index (χ4n) is 6.38. The second kappa shape index (κ2) is 4.99. The molecular weight excluding hydrogens is 282 g/mol. The van der Waals surface area contributed by atoms with Crippen molar-refractivity contribution in [2.45, 2.75) is 75.8 Å². The van der Waals surface area contributed by atoms with E-state index in [4.69, 9.17) is 0 Å². The Kier molecular flexibility index (Phi) is 3.11. The number of benzene rings is 1. The van der Waals surface area contributed by atoms with E-state index in [2.05, 4.69) is 24.0 Å². The van der Waals surface area contributed by atoms with Crippen LogP contribution in [0.1, 0.15) is 63.0 Å². The number of nitrogens with zero attached hydrogens (tertiary/aromatic N) is 1. The number of aromatic hydroxyl groups is 1. The number of piperidine rings is 1. The Morgan fingerprint density at radius 1 is 1.17 bits per heavy atom. The van der Waals surface area contributed by atoms with Gasteiger partial charge in [0.2, 0.25) is 0 Å². The first-order chi connectivity index (χ1) is 11.2. The molecule has 23 heavy (non-hydrogen) atoms. The summed E-state index contributed by atoms with van der Waals surface area (Å²) in [4.78, 5) is 2.89. The van der Waals surface area contributed by atoms with Gasteiger partial charge in [0.05, 0.1) is 0 Å². The van der Waals surface area contributed by atoms with Crippen molar-refractivity contribution in [1.29, 1.82) is 0 Å². The topological polar surface area (TPSA) is 23.5 Å². The van der Waals surface area contributed by atoms with Crippen LogP contribution >= 0.6 is 0 Å². The van der Waals surface area contributed by atoms with Gasteiger partial charge >= 0.3 is 0 Å². The molecule has 0 aromatic heterocycles. The van der Waals surface area contributed by atoms with E-state index < -0.39 is 0 Å². The zero-order chi connectivity index (χ0) is 15.6. The Morgan fingerprint density at radius 3 is 2.87 bits per heavy atom. The average molecular weight is 311 g/mol. The van der Waals surface area contributed by atoms with Crippen molar-refractivity contribution in [3.8, 4) is 5.75 Å². The van der Waals surface area contributed by atoms with Crippen LogP contribution in [0.4, 0.5) is 0 Å². The SMILES string of the molecule is C[C@@H](C1CC1)N1CCC23CCCCC2C1Cc1ccc(O)cc13. The molecule has 0 radical (unpaired) electrons. The van der Waals surface area contributed by atoms with Crippen LogP contribution in [0.2, 0.25) is 0 Å². The lowest BCUT2D eigenvalue weighted by Gasteiger charge is -2.60. The van der Waals surface area contributed by atoms with E-state index in [0.717, 1.165) is 23.9 Å². The minimum Gasteiger partial charge on any atom is -0.508 e. The van der Waals surface area contributed by atoms with Crippen LogP contribution in [0.5, 0.6) is 5.75 Å². The van der Waals surface area contributed by atoms with Gasteiger partial charge in [0.15, 0.2) is 0 Å². The van der Waals surface area contributed by atoms with Gasteiger partial charge < -0.3 is 5.11 Å². The largest absolute Gasteiger partial charge is 0.508 e. The third-order valence-corrected chi connectivity index (χ3v) is 7.69. The summed E-state index contributed by atoms with van der Waals surface area (Å²) in [5, 5.41) is 10.1. The Balaban J connectivity index is 1.59. The van der Waals surface area contributed by atoms with Gasteiger partial charge in [0, 0.05) is 17.5 Å². The Bertz CT molecular complexity index is 622. The van der Waals surface area contributed by atoms with Gasteiger partial charge in [-0.15, -0.1) is 0 Å². The highest BCUT2D eigenvalue weighted by Gasteiger charge is 2.55. The molecule has 2 saturated carbocycles. The molecule has 3 fully saturated rings. The second-order valence-electron chi connectivity index (χ2n) is 8.69. The zero-order valence-electron chi connectivity index (χ0n) is 14.3. The highest BCUT2D eigenvalue weighted by Crippen LogP contribution is 2.57. The molecule has 1 aromatic rings. The highest BCUT2D eigenvalue weighted by atomic mass is 16.3. The maximum Gasteiger partial charge on any atom is 0.115 e. The molecule has 2 heteroatoms. The molecule has 4 atom stereocenters. The van der Waals surface area contributed by atoms with Crippen LogP contribution in [0.3, 0.4) is 0 Å². The van der Waals surface area contributed by atoms with E-state index in [9.17, 15) is 5.11 Å². The number of fused-ring (bicyclic) bond motifs is 1. The predicted molar refractivity (Wildman–Crippen MR) is 92.7 cm³/mol. The van der Waals surface area contributed by atoms with E-state index in [1.807, 2.05) is 6.07 Å². The van der Waals surface area contributed by atoms with Crippen LogP contribution in [-0.2, 0) is 11.8 Å². The summed E-state index contributed by atoms with van der Waals surface area (Å²) in [6.07, 6.45) is 10.9. The fraction of sp³-hybridized carbons (Fsp3) is 0.714. The fourth-order valence-corrected chi connectivity index (χ4v) is 6.38. The number of phenolic OH excluding ortho intramolecular Hbond substituents is 1. The van der Waals surface area contributed by atoms with Crippen molar-refractivity contribution in [2.24, 2.45) is 11.8 Å². The summed E-state index contributed by atoms with van der Waals surface area (Å²) in [6.45, 7) is 3.76. The summed E-state index contributed by atoms with van der Waals surface area (Å²) >= 11 is 0. The first-order valence-corrected chi connectivity index (χ1v) is 9.77. The van der Waals surface area contributed by atoms with Gasteiger partial charge in [0.25, 0.3) is 0 Å². The number of rotatable bonds is 2. The molecule has 2 nitrogen and oxygen atoms in total. The lowest BCUT2D eigenvalue weighted by molar-refractivity contribution is -0.0343. The number of phenols is 1. The monoisotopic (exact) mass is 311 g/mol. The number of likely N-dealkylation sites (tertiary alicyclic amines) is 1. The third kappa shape index (κ3) is 2.03. The van der Waals surface area contributed by atoms with E-state index in [1.54, 1.807) is 0 Å². The minimum atomic E-state index is 0.370. The standard InChI is InChI=1S/C21H29NO/c1-14(15-5-6-15)22-11-10-21-9-3-2-4-18(21)20(22)12-16-7-8-17(23)13-19(16)21/h7-8,13-15,18,20,23H,2-6,9-12H2,1H3/t14-,18?,20?,21?/m0/s1. The maximum absolute atomic E-state index is 10.1. The van der Waals surface area contributed by atoms with E-state index in [1.165, 1.54) is 69.0 Å². The van der Waals surface area contributed by atoms with E-state index in [0.29, 0.717) is 11.2 Å². The van der Waals surface area contributed by atoms with Crippen LogP contribution in [0, 0.1) is 11.8 Å². The second-order valence-corrected chi connectivity index (χ2v) is 8.69. The zero-order valence-corrected chi connectivity index (χ0v) is 14.3. The number of hydrogen-bond acceptors (Lipinski definition) is 2. The third-order valence-electron chi connectivity index (χ3n) is 7.69. The first-order valence-electron chi connectivity index (χ1n) is 9.77. The molecule has 1 heterocycles. The van der Waals surface area contributed by atoms with Gasteiger partial charge in [0.1, 0.15) is 5.75 Å². The lowest BCUT2D eigenvalue weighted by Crippen LogP contribution is -2.62. The van der Waals surface area contributed by atoms with Crippen molar-refractivity contribution in [3.63, 3.8) is 0 Å². The van der Waals surface area contributed by atoms with Crippen molar-refractivity contribution in [1.82, 2.24) is 4.90 Å². The van der Waals surface area contributed by atoms with Crippen LogP contribution in [0.15, 0.2) is 18.2 Å². The Morgan fingerprint density at radius 2 is 2.04 bits per heavy atom. The summed E-state index contributed by atoms with van der Waals surface area (Å²) in [7, 11) is 0. The maximum atomic E-state index is 10.1. The summed E-state index contributed by atoms with van der Waals surface area (Å²) in [5.74, 6) is 2.25. The van der Waals surface area contributed by atoms with Crippen molar-refractivity contribution >= 4 is 0 Å². The molecular formula is C21H29NO. The summed E-state index contributed by atoms with van der Waals surface area (Å²) in [5.41, 5.74) is 3.41. The molecule has 5 rings (SSSR count). The molecule has 1 aliphatic heterocycles. The van der Waals surface area contributed by atoms with E-state index in [-0.39, 0.29) is 0 Å². The Hall–Kier alpha value is -1.02. The number of hydrogen-bond donors (Lipinski definition) is 1. The summed E-state index contributed by atoms with van der Waals surface area (Å²) < 4.78 is 0.